The lowest BCUT2D eigenvalue weighted by atomic mass is 10.1. The van der Waals surface area contributed by atoms with E-state index in [1.54, 1.807) is 30.3 Å². The Bertz CT molecular complexity index is 1030. The zero-order valence-corrected chi connectivity index (χ0v) is 17.7. The Morgan fingerprint density at radius 3 is 2.62 bits per heavy atom. The van der Waals surface area contributed by atoms with Crippen molar-refractivity contribution in [2.75, 3.05) is 13.7 Å². The van der Waals surface area contributed by atoms with Crippen molar-refractivity contribution < 1.29 is 23.5 Å². The van der Waals surface area contributed by atoms with Gasteiger partial charge < -0.3 is 9.47 Å². The third-order valence-electron chi connectivity index (χ3n) is 4.00. The van der Waals surface area contributed by atoms with Crippen LogP contribution >= 0.6 is 27.7 Å². The molecule has 1 heterocycles. The van der Waals surface area contributed by atoms with Gasteiger partial charge in [0.2, 0.25) is 0 Å². The largest absolute Gasteiger partial charge is 0.493 e. The molecule has 1 aliphatic rings. The first-order chi connectivity index (χ1) is 13.9. The zero-order valence-electron chi connectivity index (χ0n) is 15.3. The SMILES string of the molecule is C#CCN1C(=O)S/C(=C/c2cc(OC)c(OCc3ccc(F)cc3)cc2Br)C1=O. The molecule has 3 rings (SSSR count). The summed E-state index contributed by atoms with van der Waals surface area (Å²) >= 11 is 4.28. The summed E-state index contributed by atoms with van der Waals surface area (Å²) in [5, 5.41) is -0.401. The maximum atomic E-state index is 13.0. The van der Waals surface area contributed by atoms with Gasteiger partial charge in [0.1, 0.15) is 12.4 Å². The quantitative estimate of drug-likeness (QED) is 0.441. The monoisotopic (exact) mass is 475 g/mol. The topological polar surface area (TPSA) is 55.8 Å². The first-order valence-corrected chi connectivity index (χ1v) is 9.97. The molecular formula is C21H15BrFNO4S. The minimum Gasteiger partial charge on any atom is -0.493 e. The lowest BCUT2D eigenvalue weighted by molar-refractivity contribution is -0.122. The molecular weight excluding hydrogens is 461 g/mol. The number of carbonyl (C=O) groups excluding carboxylic acids is 2. The molecule has 1 aliphatic heterocycles. The van der Waals surface area contributed by atoms with Gasteiger partial charge in [-0.2, -0.15) is 0 Å². The zero-order chi connectivity index (χ0) is 21.0. The van der Waals surface area contributed by atoms with Gasteiger partial charge in [-0.15, -0.1) is 6.42 Å². The predicted octanol–water partition coefficient (Wildman–Crippen LogP) is 4.85. The van der Waals surface area contributed by atoms with E-state index in [9.17, 15) is 14.0 Å². The summed E-state index contributed by atoms with van der Waals surface area (Å²) in [6, 6.07) is 9.40. The van der Waals surface area contributed by atoms with E-state index in [4.69, 9.17) is 15.9 Å². The van der Waals surface area contributed by atoms with Crippen molar-refractivity contribution in [3.8, 4) is 23.8 Å². The van der Waals surface area contributed by atoms with Gasteiger partial charge >= 0.3 is 0 Å². The van der Waals surface area contributed by atoms with E-state index in [1.165, 1.54) is 19.2 Å². The Balaban J connectivity index is 1.83. The Morgan fingerprint density at radius 2 is 1.97 bits per heavy atom. The summed E-state index contributed by atoms with van der Waals surface area (Å²) in [5.74, 6) is 2.48. The molecule has 29 heavy (non-hydrogen) atoms. The molecule has 0 bridgehead atoms. The third-order valence-corrected chi connectivity index (χ3v) is 5.59. The predicted molar refractivity (Wildman–Crippen MR) is 113 cm³/mol. The molecule has 2 aromatic carbocycles. The van der Waals surface area contributed by atoms with Crippen molar-refractivity contribution >= 4 is 44.9 Å². The molecule has 0 unspecified atom stereocenters. The number of benzene rings is 2. The number of nitrogens with zero attached hydrogens (tertiary/aromatic N) is 1. The number of terminal acetylenes is 1. The first kappa shape index (κ1) is 21.0. The molecule has 1 saturated heterocycles. The number of ether oxygens (including phenoxy) is 2. The average Bonchev–Trinajstić information content (AvgIpc) is 2.97. The molecule has 0 atom stereocenters. The van der Waals surface area contributed by atoms with Crippen LogP contribution in [0.15, 0.2) is 45.8 Å². The van der Waals surface area contributed by atoms with Gasteiger partial charge in [-0.3, -0.25) is 14.5 Å². The van der Waals surface area contributed by atoms with Crippen LogP contribution in [0, 0.1) is 18.2 Å². The van der Waals surface area contributed by atoms with Crippen molar-refractivity contribution in [3.05, 3.63) is 62.7 Å². The molecule has 0 aliphatic carbocycles. The maximum absolute atomic E-state index is 13.0. The molecule has 0 radical (unpaired) electrons. The lowest BCUT2D eigenvalue weighted by Gasteiger charge is -2.13. The molecule has 0 saturated carbocycles. The van der Waals surface area contributed by atoms with Crippen LogP contribution in [0.4, 0.5) is 9.18 Å². The Morgan fingerprint density at radius 1 is 1.24 bits per heavy atom. The van der Waals surface area contributed by atoms with E-state index in [0.29, 0.717) is 21.5 Å². The number of rotatable bonds is 6. The third kappa shape index (κ3) is 4.81. The maximum Gasteiger partial charge on any atom is 0.294 e. The van der Waals surface area contributed by atoms with Crippen molar-refractivity contribution in [2.45, 2.75) is 6.61 Å². The summed E-state index contributed by atoms with van der Waals surface area (Å²) in [7, 11) is 1.50. The van der Waals surface area contributed by atoms with Crippen LogP contribution in [0.2, 0.25) is 0 Å². The van der Waals surface area contributed by atoms with Crippen LogP contribution in [0.1, 0.15) is 11.1 Å². The lowest BCUT2D eigenvalue weighted by Crippen LogP contribution is -2.28. The van der Waals surface area contributed by atoms with Gasteiger partial charge in [0, 0.05) is 4.47 Å². The molecule has 0 spiro atoms. The van der Waals surface area contributed by atoms with Gasteiger partial charge in [-0.05, 0) is 53.2 Å². The van der Waals surface area contributed by atoms with Crippen LogP contribution in [-0.2, 0) is 11.4 Å². The summed E-state index contributed by atoms with van der Waals surface area (Å²) in [6.07, 6.45) is 6.80. The summed E-state index contributed by atoms with van der Waals surface area (Å²) in [5.41, 5.74) is 1.44. The van der Waals surface area contributed by atoms with E-state index < -0.39 is 11.1 Å². The second-order valence-corrected chi connectivity index (χ2v) is 7.76. The number of hydrogen-bond donors (Lipinski definition) is 0. The van der Waals surface area contributed by atoms with Crippen molar-refractivity contribution in [2.24, 2.45) is 0 Å². The van der Waals surface area contributed by atoms with Gasteiger partial charge in [-0.1, -0.05) is 34.0 Å². The normalized spacial score (nSPS) is 15.0. The van der Waals surface area contributed by atoms with Crippen molar-refractivity contribution in [1.29, 1.82) is 0 Å². The van der Waals surface area contributed by atoms with E-state index in [2.05, 4.69) is 21.9 Å². The van der Waals surface area contributed by atoms with Gasteiger partial charge in [0.05, 0.1) is 18.6 Å². The van der Waals surface area contributed by atoms with Gasteiger partial charge in [0.15, 0.2) is 11.5 Å². The average molecular weight is 476 g/mol. The van der Waals surface area contributed by atoms with Crippen LogP contribution in [0.5, 0.6) is 11.5 Å². The molecule has 5 nitrogen and oxygen atoms in total. The van der Waals surface area contributed by atoms with E-state index in [-0.39, 0.29) is 23.9 Å². The number of halogens is 2. The molecule has 2 amide bonds. The summed E-state index contributed by atoms with van der Waals surface area (Å²) in [6.45, 7) is 0.163. The minimum atomic E-state index is -0.430. The fraction of sp³-hybridized carbons (Fsp3) is 0.143. The summed E-state index contributed by atoms with van der Waals surface area (Å²) < 4.78 is 24.9. The number of amides is 2. The highest BCUT2D eigenvalue weighted by atomic mass is 79.9. The standard InChI is InChI=1S/C21H15BrFNO4S/c1-3-8-24-20(25)19(29-21(24)26)10-14-9-17(27-2)18(11-16(14)22)28-12-13-4-6-15(23)7-5-13/h1,4-7,9-11H,8,12H2,2H3/b19-10+. The molecule has 0 aromatic heterocycles. The van der Waals surface area contributed by atoms with Crippen LogP contribution < -0.4 is 9.47 Å². The van der Waals surface area contributed by atoms with Crippen LogP contribution in [-0.4, -0.2) is 29.7 Å². The number of thioether (sulfide) groups is 1. The van der Waals surface area contributed by atoms with Gasteiger partial charge in [0.25, 0.3) is 11.1 Å². The Kier molecular flexibility index (Phi) is 6.62. The molecule has 1 fully saturated rings. The fourth-order valence-electron chi connectivity index (χ4n) is 2.54. The molecule has 148 valence electrons. The smallest absolute Gasteiger partial charge is 0.294 e. The Hall–Kier alpha value is -2.76. The molecule has 2 aromatic rings. The minimum absolute atomic E-state index is 0.0668. The van der Waals surface area contributed by atoms with Crippen LogP contribution in [0.3, 0.4) is 0 Å². The van der Waals surface area contributed by atoms with E-state index in [1.807, 2.05) is 0 Å². The van der Waals surface area contributed by atoms with Crippen LogP contribution in [0.25, 0.3) is 6.08 Å². The first-order valence-electron chi connectivity index (χ1n) is 8.36. The molecule has 8 heteroatoms. The highest BCUT2D eigenvalue weighted by molar-refractivity contribution is 9.10. The number of carbonyl (C=O) groups is 2. The van der Waals surface area contributed by atoms with E-state index in [0.717, 1.165) is 22.2 Å². The second-order valence-electron chi connectivity index (χ2n) is 5.91. The van der Waals surface area contributed by atoms with Crippen molar-refractivity contribution in [3.63, 3.8) is 0 Å². The van der Waals surface area contributed by atoms with E-state index >= 15 is 0 Å². The Labute approximate surface area is 180 Å². The fourth-order valence-corrected chi connectivity index (χ4v) is 3.81. The molecule has 0 N–H and O–H groups in total. The number of methoxy groups -OCH3 is 1. The highest BCUT2D eigenvalue weighted by Crippen LogP contribution is 2.38. The number of imide groups is 1. The number of hydrogen-bond acceptors (Lipinski definition) is 5. The van der Waals surface area contributed by atoms with Crippen molar-refractivity contribution in [1.82, 2.24) is 4.90 Å². The summed E-state index contributed by atoms with van der Waals surface area (Å²) in [4.78, 5) is 25.6. The highest BCUT2D eigenvalue weighted by Gasteiger charge is 2.34. The van der Waals surface area contributed by atoms with Gasteiger partial charge in [-0.25, -0.2) is 4.39 Å². The second kappa shape index (κ2) is 9.16.